The van der Waals surface area contributed by atoms with Crippen molar-refractivity contribution in [1.82, 2.24) is 16.0 Å². The van der Waals surface area contributed by atoms with E-state index in [0.29, 0.717) is 32.4 Å². The number of carbonyl (C=O) groups is 3. The molecule has 0 heterocycles. The molecule has 3 N–H and O–H groups in total. The van der Waals surface area contributed by atoms with Gasteiger partial charge in [0.25, 0.3) is 0 Å². The third kappa shape index (κ3) is 16.5. The molecular formula is C27H45N3O5. The predicted octanol–water partition coefficient (Wildman–Crippen LogP) is 5.45. The maximum Gasteiger partial charge on any atom is 0.408 e. The number of hydrogen-bond donors (Lipinski definition) is 3. The summed E-state index contributed by atoms with van der Waals surface area (Å²) in [5.74, 6) is -0.209. The van der Waals surface area contributed by atoms with Gasteiger partial charge in [0.1, 0.15) is 18.2 Å². The molecule has 0 spiro atoms. The fraction of sp³-hybridized carbons (Fsp3) is 0.667. The zero-order valence-corrected chi connectivity index (χ0v) is 22.0. The SMILES string of the molecule is CCCCCCCCNC(=O)C(CCCCNC(=O)OCc1ccccc1)NC(=O)OC(C)(C)C. The summed E-state index contributed by atoms with van der Waals surface area (Å²) in [6.07, 6.45) is 7.50. The van der Waals surface area contributed by atoms with E-state index in [1.165, 1.54) is 25.7 Å². The van der Waals surface area contributed by atoms with Crippen LogP contribution in [-0.2, 0) is 20.9 Å². The van der Waals surface area contributed by atoms with Crippen LogP contribution in [0, 0.1) is 0 Å². The maximum atomic E-state index is 12.7. The number of benzene rings is 1. The van der Waals surface area contributed by atoms with E-state index in [-0.39, 0.29) is 12.5 Å². The summed E-state index contributed by atoms with van der Waals surface area (Å²) in [5, 5.41) is 8.35. The zero-order chi connectivity index (χ0) is 25.9. The topological polar surface area (TPSA) is 106 Å². The second kappa shape index (κ2) is 17.6. The Morgan fingerprint density at radius 1 is 0.829 bits per heavy atom. The van der Waals surface area contributed by atoms with Gasteiger partial charge in [-0.3, -0.25) is 4.79 Å². The van der Waals surface area contributed by atoms with Gasteiger partial charge in [-0.15, -0.1) is 0 Å². The van der Waals surface area contributed by atoms with Crippen LogP contribution in [0.2, 0.25) is 0 Å². The molecule has 0 saturated carbocycles. The molecule has 0 bridgehead atoms. The summed E-state index contributed by atoms with van der Waals surface area (Å²) >= 11 is 0. The van der Waals surface area contributed by atoms with Gasteiger partial charge in [-0.2, -0.15) is 0 Å². The molecule has 1 aromatic carbocycles. The number of nitrogens with one attached hydrogen (secondary N) is 3. The normalized spacial score (nSPS) is 11.9. The number of alkyl carbamates (subject to hydrolysis) is 2. The minimum absolute atomic E-state index is 0.209. The lowest BCUT2D eigenvalue weighted by molar-refractivity contribution is -0.123. The molecule has 0 fully saturated rings. The minimum Gasteiger partial charge on any atom is -0.445 e. The Bertz CT molecular complexity index is 734. The van der Waals surface area contributed by atoms with E-state index in [9.17, 15) is 14.4 Å². The van der Waals surface area contributed by atoms with Crippen molar-refractivity contribution in [1.29, 1.82) is 0 Å². The quantitative estimate of drug-likeness (QED) is 0.267. The van der Waals surface area contributed by atoms with Crippen molar-refractivity contribution in [2.75, 3.05) is 13.1 Å². The summed E-state index contributed by atoms with van der Waals surface area (Å²) < 4.78 is 10.5. The molecule has 1 rings (SSSR count). The molecule has 0 saturated heterocycles. The number of rotatable bonds is 16. The molecule has 0 aromatic heterocycles. The van der Waals surface area contributed by atoms with Gasteiger partial charge < -0.3 is 25.4 Å². The highest BCUT2D eigenvalue weighted by Crippen LogP contribution is 2.09. The lowest BCUT2D eigenvalue weighted by Crippen LogP contribution is -2.48. The molecule has 0 aliphatic carbocycles. The number of unbranched alkanes of at least 4 members (excludes halogenated alkanes) is 6. The van der Waals surface area contributed by atoms with Crippen LogP contribution in [0.3, 0.4) is 0 Å². The molecule has 8 nitrogen and oxygen atoms in total. The molecule has 0 aliphatic heterocycles. The van der Waals surface area contributed by atoms with Crippen molar-refractivity contribution in [2.24, 2.45) is 0 Å². The molecule has 198 valence electrons. The second-order valence-corrected chi connectivity index (χ2v) is 9.74. The summed E-state index contributed by atoms with van der Waals surface area (Å²) in [4.78, 5) is 36.8. The van der Waals surface area contributed by atoms with Gasteiger partial charge >= 0.3 is 12.2 Å². The van der Waals surface area contributed by atoms with Crippen LogP contribution in [0.25, 0.3) is 0 Å². The second-order valence-electron chi connectivity index (χ2n) is 9.74. The predicted molar refractivity (Wildman–Crippen MR) is 138 cm³/mol. The lowest BCUT2D eigenvalue weighted by atomic mass is 10.1. The fourth-order valence-corrected chi connectivity index (χ4v) is 3.40. The summed E-state index contributed by atoms with van der Waals surface area (Å²) in [7, 11) is 0. The van der Waals surface area contributed by atoms with E-state index in [1.54, 1.807) is 20.8 Å². The van der Waals surface area contributed by atoms with E-state index < -0.39 is 23.8 Å². The summed E-state index contributed by atoms with van der Waals surface area (Å²) in [6.45, 7) is 8.76. The smallest absolute Gasteiger partial charge is 0.408 e. The van der Waals surface area contributed by atoms with E-state index in [1.807, 2.05) is 30.3 Å². The Morgan fingerprint density at radius 3 is 2.14 bits per heavy atom. The van der Waals surface area contributed by atoms with E-state index in [2.05, 4.69) is 22.9 Å². The van der Waals surface area contributed by atoms with Crippen molar-refractivity contribution in [3.63, 3.8) is 0 Å². The maximum absolute atomic E-state index is 12.7. The van der Waals surface area contributed by atoms with Crippen molar-refractivity contribution >= 4 is 18.1 Å². The first kappa shape index (κ1) is 30.3. The third-order valence-electron chi connectivity index (χ3n) is 5.24. The Labute approximate surface area is 210 Å². The highest BCUT2D eigenvalue weighted by Gasteiger charge is 2.23. The molecule has 0 aliphatic rings. The highest BCUT2D eigenvalue weighted by molar-refractivity contribution is 5.85. The first-order chi connectivity index (χ1) is 16.7. The Hall–Kier alpha value is -2.77. The van der Waals surface area contributed by atoms with Crippen molar-refractivity contribution in [2.45, 2.75) is 104 Å². The van der Waals surface area contributed by atoms with Crippen molar-refractivity contribution in [3.8, 4) is 0 Å². The van der Waals surface area contributed by atoms with Crippen LogP contribution in [0.1, 0.15) is 91.0 Å². The average molecular weight is 492 g/mol. The lowest BCUT2D eigenvalue weighted by Gasteiger charge is -2.23. The van der Waals surface area contributed by atoms with Crippen LogP contribution in [-0.4, -0.2) is 42.8 Å². The van der Waals surface area contributed by atoms with Crippen LogP contribution >= 0.6 is 0 Å². The van der Waals surface area contributed by atoms with Crippen LogP contribution in [0.5, 0.6) is 0 Å². The molecule has 1 unspecified atom stereocenters. The molecule has 0 radical (unpaired) electrons. The Morgan fingerprint density at radius 2 is 1.46 bits per heavy atom. The Balaban J connectivity index is 2.36. The standard InChI is InChI=1S/C27H45N3O5/c1-5-6-7-8-9-14-19-28-24(31)23(30-26(33)35-27(2,3)4)18-13-15-20-29-25(32)34-21-22-16-11-10-12-17-22/h10-12,16-17,23H,5-9,13-15,18-21H2,1-4H3,(H,28,31)(H,29,32)(H,30,33). The van der Waals surface area contributed by atoms with Crippen LogP contribution in [0.4, 0.5) is 9.59 Å². The van der Waals surface area contributed by atoms with Gasteiger partial charge in [0.05, 0.1) is 0 Å². The van der Waals surface area contributed by atoms with Crippen LogP contribution < -0.4 is 16.0 Å². The number of carbonyl (C=O) groups excluding carboxylic acids is 3. The molecule has 35 heavy (non-hydrogen) atoms. The number of ether oxygens (including phenoxy) is 2. The number of amides is 3. The van der Waals surface area contributed by atoms with E-state index in [0.717, 1.165) is 18.4 Å². The minimum atomic E-state index is -0.685. The van der Waals surface area contributed by atoms with Gasteiger partial charge in [0.15, 0.2) is 0 Å². The van der Waals surface area contributed by atoms with Crippen molar-refractivity contribution < 1.29 is 23.9 Å². The third-order valence-corrected chi connectivity index (χ3v) is 5.24. The van der Waals surface area contributed by atoms with Crippen molar-refractivity contribution in [3.05, 3.63) is 35.9 Å². The monoisotopic (exact) mass is 491 g/mol. The van der Waals surface area contributed by atoms with Gasteiger partial charge in [-0.1, -0.05) is 69.4 Å². The first-order valence-corrected chi connectivity index (χ1v) is 12.9. The zero-order valence-electron chi connectivity index (χ0n) is 22.0. The molecule has 3 amide bonds. The average Bonchev–Trinajstić information content (AvgIpc) is 2.80. The highest BCUT2D eigenvalue weighted by atomic mass is 16.6. The Kier molecular flexibility index (Phi) is 15.2. The van der Waals surface area contributed by atoms with E-state index >= 15 is 0 Å². The molecule has 8 heteroatoms. The summed E-state index contributed by atoms with van der Waals surface area (Å²) in [6, 6.07) is 8.79. The molecule has 1 atom stereocenters. The summed E-state index contributed by atoms with van der Waals surface area (Å²) in [5.41, 5.74) is 0.277. The van der Waals surface area contributed by atoms with Crippen LogP contribution in [0.15, 0.2) is 30.3 Å². The molecular weight excluding hydrogens is 446 g/mol. The first-order valence-electron chi connectivity index (χ1n) is 12.9. The van der Waals surface area contributed by atoms with Gasteiger partial charge in [-0.25, -0.2) is 9.59 Å². The molecule has 1 aromatic rings. The van der Waals surface area contributed by atoms with E-state index in [4.69, 9.17) is 9.47 Å². The van der Waals surface area contributed by atoms with Gasteiger partial charge in [0.2, 0.25) is 5.91 Å². The largest absolute Gasteiger partial charge is 0.445 e. The fourth-order valence-electron chi connectivity index (χ4n) is 3.40. The van der Waals surface area contributed by atoms with Gasteiger partial charge in [-0.05, 0) is 52.0 Å². The van der Waals surface area contributed by atoms with Gasteiger partial charge in [0, 0.05) is 13.1 Å². The number of hydrogen-bond acceptors (Lipinski definition) is 5.